The molecule has 1 aromatic heterocycles. The molecule has 158 valence electrons. The molecule has 1 heterocycles. The first-order valence-corrected chi connectivity index (χ1v) is 7.92. The van der Waals surface area contributed by atoms with Gasteiger partial charge in [-0.3, -0.25) is 10.1 Å². The van der Waals surface area contributed by atoms with E-state index in [0.29, 0.717) is 0 Å². The summed E-state index contributed by atoms with van der Waals surface area (Å²) < 4.78 is 83.5. The first kappa shape index (κ1) is 22.2. The van der Waals surface area contributed by atoms with Crippen LogP contribution in [0.4, 0.5) is 32.0 Å². The standard InChI is InChI=1S/C16H13F6N3O4/c1-3-29-14(26)13(9-4-5-10(25(27)28)8(2)6-9)24-12(16(20,21)22)7-11(23-24)15(17,18)19/h4-7,13H,3H2,1-2H3. The molecular formula is C16H13F6N3O4. The lowest BCUT2D eigenvalue weighted by Crippen LogP contribution is -2.28. The zero-order valence-electron chi connectivity index (χ0n) is 14.8. The third kappa shape index (κ3) is 4.66. The van der Waals surface area contributed by atoms with Crippen LogP contribution in [0.2, 0.25) is 0 Å². The highest BCUT2D eigenvalue weighted by atomic mass is 19.4. The summed E-state index contributed by atoms with van der Waals surface area (Å²) in [5.41, 5.74) is -4.33. The molecule has 29 heavy (non-hydrogen) atoms. The van der Waals surface area contributed by atoms with E-state index in [2.05, 4.69) is 5.10 Å². The van der Waals surface area contributed by atoms with Crippen LogP contribution in [0.15, 0.2) is 24.3 Å². The molecule has 0 aliphatic carbocycles. The van der Waals surface area contributed by atoms with Gasteiger partial charge >= 0.3 is 18.3 Å². The molecule has 1 aromatic carbocycles. The first-order chi connectivity index (χ1) is 13.3. The summed E-state index contributed by atoms with van der Waals surface area (Å²) in [6, 6.07) is 0.654. The second kappa shape index (κ2) is 7.72. The van der Waals surface area contributed by atoms with Gasteiger partial charge < -0.3 is 4.74 Å². The van der Waals surface area contributed by atoms with Crippen LogP contribution in [0, 0.1) is 17.0 Å². The maximum Gasteiger partial charge on any atom is 0.435 e. The number of benzene rings is 1. The Morgan fingerprint density at radius 2 is 1.83 bits per heavy atom. The molecule has 0 saturated heterocycles. The molecule has 0 aliphatic heterocycles. The summed E-state index contributed by atoms with van der Waals surface area (Å²) in [5.74, 6) is -1.30. The van der Waals surface area contributed by atoms with Crippen molar-refractivity contribution in [3.63, 3.8) is 0 Å². The molecule has 1 unspecified atom stereocenters. The zero-order chi connectivity index (χ0) is 22.1. The van der Waals surface area contributed by atoms with Crippen molar-refractivity contribution in [2.75, 3.05) is 6.61 Å². The number of esters is 1. The largest absolute Gasteiger partial charge is 0.464 e. The lowest BCUT2D eigenvalue weighted by atomic mass is 10.0. The van der Waals surface area contributed by atoms with E-state index in [9.17, 15) is 41.3 Å². The molecule has 0 fully saturated rings. The van der Waals surface area contributed by atoms with Crippen LogP contribution < -0.4 is 0 Å². The van der Waals surface area contributed by atoms with Crippen molar-refractivity contribution in [1.29, 1.82) is 0 Å². The van der Waals surface area contributed by atoms with Crippen LogP contribution in [-0.4, -0.2) is 27.3 Å². The molecule has 2 aromatic rings. The Kier molecular flexibility index (Phi) is 5.90. The van der Waals surface area contributed by atoms with Crippen LogP contribution in [-0.2, 0) is 21.9 Å². The van der Waals surface area contributed by atoms with Crippen molar-refractivity contribution >= 4 is 11.7 Å². The summed E-state index contributed by atoms with van der Waals surface area (Å²) in [4.78, 5) is 22.5. The SMILES string of the molecule is CCOC(=O)C(c1ccc([N+](=O)[O-])c(C)c1)n1nc(C(F)(F)F)cc1C(F)(F)F. The van der Waals surface area contributed by atoms with E-state index in [1.807, 2.05) is 0 Å². The van der Waals surface area contributed by atoms with Gasteiger partial charge in [-0.1, -0.05) is 0 Å². The highest BCUT2D eigenvalue weighted by molar-refractivity contribution is 5.78. The normalized spacial score (nSPS) is 13.2. The molecule has 0 amide bonds. The van der Waals surface area contributed by atoms with E-state index in [-0.39, 0.29) is 34.2 Å². The fourth-order valence-corrected chi connectivity index (χ4v) is 2.59. The van der Waals surface area contributed by atoms with Crippen molar-refractivity contribution in [1.82, 2.24) is 9.78 Å². The highest BCUT2D eigenvalue weighted by Gasteiger charge is 2.44. The fourth-order valence-electron chi connectivity index (χ4n) is 2.59. The number of hydrogen-bond donors (Lipinski definition) is 0. The minimum atomic E-state index is -5.27. The number of aromatic nitrogens is 2. The number of hydrogen-bond acceptors (Lipinski definition) is 5. The number of alkyl halides is 6. The van der Waals surface area contributed by atoms with Crippen molar-refractivity contribution in [3.8, 4) is 0 Å². The Bertz CT molecular complexity index is 936. The summed E-state index contributed by atoms with van der Waals surface area (Å²) in [6.07, 6.45) is -10.5. The van der Waals surface area contributed by atoms with E-state index in [1.165, 1.54) is 13.8 Å². The van der Waals surface area contributed by atoms with Gasteiger partial charge in [-0.25, -0.2) is 9.48 Å². The molecule has 0 bridgehead atoms. The summed E-state index contributed by atoms with van der Waals surface area (Å²) in [7, 11) is 0. The van der Waals surface area contributed by atoms with Crippen LogP contribution in [0.3, 0.4) is 0 Å². The number of aryl methyl sites for hydroxylation is 1. The van der Waals surface area contributed by atoms with Gasteiger partial charge in [0.15, 0.2) is 11.7 Å². The quantitative estimate of drug-likeness (QED) is 0.309. The van der Waals surface area contributed by atoms with Crippen molar-refractivity contribution in [2.24, 2.45) is 0 Å². The van der Waals surface area contributed by atoms with E-state index in [1.54, 1.807) is 0 Å². The second-order valence-corrected chi connectivity index (χ2v) is 5.81. The number of rotatable bonds is 5. The average molecular weight is 425 g/mol. The Balaban J connectivity index is 2.74. The van der Waals surface area contributed by atoms with E-state index < -0.39 is 40.7 Å². The minimum Gasteiger partial charge on any atom is -0.464 e. The lowest BCUT2D eigenvalue weighted by molar-refractivity contribution is -0.385. The van der Waals surface area contributed by atoms with E-state index in [0.717, 1.165) is 18.2 Å². The minimum absolute atomic E-state index is 0.0152. The van der Waals surface area contributed by atoms with Gasteiger partial charge in [0.05, 0.1) is 11.5 Å². The van der Waals surface area contributed by atoms with Crippen molar-refractivity contribution < 1.29 is 40.8 Å². The van der Waals surface area contributed by atoms with Gasteiger partial charge in [0.2, 0.25) is 0 Å². The predicted molar refractivity (Wildman–Crippen MR) is 84.8 cm³/mol. The fraction of sp³-hybridized carbons (Fsp3) is 0.375. The molecule has 0 saturated carbocycles. The maximum absolute atomic E-state index is 13.4. The van der Waals surface area contributed by atoms with Gasteiger partial charge in [0, 0.05) is 17.7 Å². The molecule has 2 rings (SSSR count). The number of nitrogens with zero attached hydrogens (tertiary/aromatic N) is 3. The molecular weight excluding hydrogens is 412 g/mol. The van der Waals surface area contributed by atoms with Crippen LogP contribution in [0.25, 0.3) is 0 Å². The first-order valence-electron chi connectivity index (χ1n) is 7.92. The number of halogens is 6. The Morgan fingerprint density at radius 3 is 2.28 bits per heavy atom. The summed E-state index contributed by atoms with van der Waals surface area (Å²) in [6.45, 7) is 2.35. The van der Waals surface area contributed by atoms with E-state index in [4.69, 9.17) is 4.74 Å². The average Bonchev–Trinajstić information content (AvgIpc) is 3.00. The third-order valence-electron chi connectivity index (χ3n) is 3.80. The predicted octanol–water partition coefficient (Wildman–Crippen LogP) is 4.29. The summed E-state index contributed by atoms with van der Waals surface area (Å²) >= 11 is 0. The Morgan fingerprint density at radius 1 is 1.21 bits per heavy atom. The molecule has 13 heteroatoms. The number of nitro benzene ring substituents is 1. The van der Waals surface area contributed by atoms with E-state index >= 15 is 0 Å². The molecule has 0 N–H and O–H groups in total. The van der Waals surface area contributed by atoms with Crippen LogP contribution in [0.5, 0.6) is 0 Å². The number of nitro groups is 1. The van der Waals surface area contributed by atoms with Crippen molar-refractivity contribution in [2.45, 2.75) is 32.2 Å². The number of ether oxygens (including phenoxy) is 1. The molecule has 0 radical (unpaired) electrons. The van der Waals surface area contributed by atoms with Gasteiger partial charge in [-0.05, 0) is 31.5 Å². The number of carbonyl (C=O) groups excluding carboxylic acids is 1. The molecule has 0 spiro atoms. The van der Waals surface area contributed by atoms with Crippen LogP contribution in [0.1, 0.15) is 35.5 Å². The van der Waals surface area contributed by atoms with Crippen molar-refractivity contribution in [3.05, 3.63) is 56.9 Å². The zero-order valence-corrected chi connectivity index (χ0v) is 14.8. The Labute approximate surface area is 159 Å². The molecule has 0 aliphatic rings. The lowest BCUT2D eigenvalue weighted by Gasteiger charge is -2.20. The Hall–Kier alpha value is -3.12. The highest BCUT2D eigenvalue weighted by Crippen LogP contribution is 2.38. The number of carbonyl (C=O) groups is 1. The second-order valence-electron chi connectivity index (χ2n) is 5.81. The van der Waals surface area contributed by atoms with Gasteiger partial charge in [0.1, 0.15) is 5.69 Å². The van der Waals surface area contributed by atoms with Gasteiger partial charge in [0.25, 0.3) is 5.69 Å². The smallest absolute Gasteiger partial charge is 0.435 e. The molecule has 7 nitrogen and oxygen atoms in total. The third-order valence-corrected chi connectivity index (χ3v) is 3.80. The maximum atomic E-state index is 13.4. The van der Waals surface area contributed by atoms with Gasteiger partial charge in [-0.15, -0.1) is 0 Å². The van der Waals surface area contributed by atoms with Gasteiger partial charge in [-0.2, -0.15) is 31.4 Å². The summed E-state index contributed by atoms with van der Waals surface area (Å²) in [5, 5.41) is 13.9. The van der Waals surface area contributed by atoms with Crippen LogP contribution >= 0.6 is 0 Å². The topological polar surface area (TPSA) is 87.3 Å². The molecule has 1 atom stereocenters. The monoisotopic (exact) mass is 425 g/mol.